The second kappa shape index (κ2) is 7.31. The number of benzene rings is 1. The van der Waals surface area contributed by atoms with Gasteiger partial charge in [-0.25, -0.2) is 9.59 Å². The van der Waals surface area contributed by atoms with E-state index in [1.165, 1.54) is 16.7 Å². The van der Waals surface area contributed by atoms with Gasteiger partial charge in [0.1, 0.15) is 17.5 Å². The molecule has 4 rings (SSSR count). The summed E-state index contributed by atoms with van der Waals surface area (Å²) in [5.74, 6) is -1.38. The monoisotopic (exact) mass is 426 g/mol. The standard InChI is InChI=1S/C18H18N2O6S.ClH/c1-18(2)13(20-14(21)11(19)15(20)27-18)16(22)24-8-10-12(26-17(23)25-10)9-6-4-3-5-7-9;/h3-7,11,13,15H,8,19H2,1-2H3;1H/t11-,13+,15-;/m1./s1. The fraction of sp³-hybridized carbons (Fsp3) is 0.389. The first-order chi connectivity index (χ1) is 12.8. The van der Waals surface area contributed by atoms with E-state index in [0.717, 1.165) is 0 Å². The SMILES string of the molecule is CC1(C)S[C@@H]2[C@H](N)C(=O)N2[C@H]1C(=O)OCc1oc(=O)oc1-c1ccccc1.Cl. The highest BCUT2D eigenvalue weighted by Crippen LogP contribution is 2.50. The minimum absolute atomic E-state index is 0. The molecule has 0 spiro atoms. The lowest BCUT2D eigenvalue weighted by atomic mass is 9.96. The summed E-state index contributed by atoms with van der Waals surface area (Å²) in [6.45, 7) is 3.47. The fourth-order valence-electron chi connectivity index (χ4n) is 3.45. The first-order valence-electron chi connectivity index (χ1n) is 8.40. The van der Waals surface area contributed by atoms with Crippen molar-refractivity contribution in [1.29, 1.82) is 0 Å². The van der Waals surface area contributed by atoms with Gasteiger partial charge in [-0.15, -0.1) is 24.2 Å². The van der Waals surface area contributed by atoms with Gasteiger partial charge in [0.2, 0.25) is 5.91 Å². The zero-order valence-electron chi connectivity index (χ0n) is 15.1. The summed E-state index contributed by atoms with van der Waals surface area (Å²) in [4.78, 5) is 37.8. The van der Waals surface area contributed by atoms with Crippen LogP contribution in [0, 0.1) is 0 Å². The number of esters is 1. The third-order valence-electron chi connectivity index (χ3n) is 4.73. The molecule has 2 aliphatic heterocycles. The molecular weight excluding hydrogens is 408 g/mol. The van der Waals surface area contributed by atoms with Crippen LogP contribution in [0.3, 0.4) is 0 Å². The van der Waals surface area contributed by atoms with Gasteiger partial charge in [0.05, 0.1) is 0 Å². The molecule has 28 heavy (non-hydrogen) atoms. The Balaban J connectivity index is 0.00000225. The number of hydrogen-bond acceptors (Lipinski definition) is 8. The maximum absolute atomic E-state index is 12.7. The van der Waals surface area contributed by atoms with E-state index in [0.29, 0.717) is 5.56 Å². The van der Waals surface area contributed by atoms with Crippen LogP contribution in [0.1, 0.15) is 19.6 Å². The van der Waals surface area contributed by atoms with Gasteiger partial charge in [-0.2, -0.15) is 0 Å². The van der Waals surface area contributed by atoms with Crippen LogP contribution in [0.4, 0.5) is 0 Å². The highest BCUT2D eigenvalue weighted by Gasteiger charge is 2.63. The van der Waals surface area contributed by atoms with Gasteiger partial charge < -0.3 is 24.2 Å². The van der Waals surface area contributed by atoms with Crippen LogP contribution in [0.25, 0.3) is 11.3 Å². The topological polar surface area (TPSA) is 116 Å². The molecule has 2 aromatic rings. The molecule has 150 valence electrons. The summed E-state index contributed by atoms with van der Waals surface area (Å²) >= 11 is 1.48. The molecule has 3 heterocycles. The number of nitrogens with two attached hydrogens (primary N) is 1. The molecule has 1 aromatic heterocycles. The lowest BCUT2D eigenvalue weighted by Gasteiger charge is -2.41. The molecule has 0 saturated carbocycles. The zero-order valence-corrected chi connectivity index (χ0v) is 16.7. The second-order valence-electron chi connectivity index (χ2n) is 6.97. The van der Waals surface area contributed by atoms with Crippen LogP contribution in [-0.2, 0) is 20.9 Å². The smallest absolute Gasteiger partial charge is 0.456 e. The van der Waals surface area contributed by atoms with E-state index in [9.17, 15) is 14.4 Å². The molecule has 8 nitrogen and oxygen atoms in total. The van der Waals surface area contributed by atoms with Crippen molar-refractivity contribution < 1.29 is 23.2 Å². The third-order valence-corrected chi connectivity index (χ3v) is 6.32. The van der Waals surface area contributed by atoms with E-state index in [1.54, 1.807) is 24.3 Å². The number of carbonyl (C=O) groups is 2. The molecule has 2 N–H and O–H groups in total. The van der Waals surface area contributed by atoms with Gasteiger partial charge in [-0.3, -0.25) is 4.79 Å². The van der Waals surface area contributed by atoms with Gasteiger partial charge in [0.25, 0.3) is 0 Å². The van der Waals surface area contributed by atoms with Crippen molar-refractivity contribution in [1.82, 2.24) is 4.90 Å². The van der Waals surface area contributed by atoms with Crippen LogP contribution in [0.5, 0.6) is 0 Å². The van der Waals surface area contributed by atoms with Crippen molar-refractivity contribution in [2.24, 2.45) is 5.73 Å². The van der Waals surface area contributed by atoms with E-state index in [2.05, 4.69) is 0 Å². The maximum Gasteiger partial charge on any atom is 0.519 e. The average Bonchev–Trinajstić information content (AvgIpc) is 3.15. The normalized spacial score (nSPS) is 24.9. The maximum atomic E-state index is 12.7. The van der Waals surface area contributed by atoms with Gasteiger partial charge in [0.15, 0.2) is 18.1 Å². The minimum atomic E-state index is -0.874. The third kappa shape index (κ3) is 3.23. The summed E-state index contributed by atoms with van der Waals surface area (Å²) in [6, 6.07) is 7.56. The molecule has 1 aromatic carbocycles. The zero-order chi connectivity index (χ0) is 19.3. The molecule has 1 amide bonds. The summed E-state index contributed by atoms with van der Waals surface area (Å²) in [5, 5.41) is -0.225. The van der Waals surface area contributed by atoms with Crippen molar-refractivity contribution in [3.05, 3.63) is 46.7 Å². The molecule has 0 unspecified atom stereocenters. The molecule has 0 radical (unpaired) electrons. The first-order valence-corrected chi connectivity index (χ1v) is 9.28. The summed E-state index contributed by atoms with van der Waals surface area (Å²) in [5.41, 5.74) is 6.45. The Bertz CT molecular complexity index is 956. The molecule has 0 bridgehead atoms. The number of β-lactam (4-membered cyclic amide) rings is 1. The van der Waals surface area contributed by atoms with Gasteiger partial charge in [-0.05, 0) is 13.8 Å². The van der Waals surface area contributed by atoms with Crippen LogP contribution in [0.15, 0.2) is 44.0 Å². The summed E-state index contributed by atoms with van der Waals surface area (Å²) < 4.78 is 15.0. The van der Waals surface area contributed by atoms with E-state index in [1.807, 2.05) is 19.9 Å². The van der Waals surface area contributed by atoms with E-state index in [-0.39, 0.29) is 41.8 Å². The van der Waals surface area contributed by atoms with Crippen LogP contribution in [-0.4, -0.2) is 39.0 Å². The number of nitrogens with zero attached hydrogens (tertiary/aromatic N) is 1. The van der Waals surface area contributed by atoms with Crippen LogP contribution >= 0.6 is 24.2 Å². The van der Waals surface area contributed by atoms with E-state index in [4.69, 9.17) is 19.3 Å². The predicted molar refractivity (Wildman–Crippen MR) is 104 cm³/mol. The van der Waals surface area contributed by atoms with E-state index >= 15 is 0 Å². The van der Waals surface area contributed by atoms with Gasteiger partial charge in [0, 0.05) is 10.3 Å². The van der Waals surface area contributed by atoms with E-state index < -0.39 is 28.6 Å². The Morgan fingerprint density at radius 1 is 1.25 bits per heavy atom. The number of amides is 1. The number of hydrogen-bond donors (Lipinski definition) is 1. The summed E-state index contributed by atoms with van der Waals surface area (Å²) in [7, 11) is 0. The van der Waals surface area contributed by atoms with Gasteiger partial charge >= 0.3 is 11.8 Å². The molecule has 2 saturated heterocycles. The van der Waals surface area contributed by atoms with Crippen molar-refractivity contribution in [2.45, 2.75) is 42.7 Å². The number of thioether (sulfide) groups is 1. The van der Waals surface area contributed by atoms with Crippen LogP contribution in [0.2, 0.25) is 0 Å². The number of ether oxygens (including phenoxy) is 1. The van der Waals surface area contributed by atoms with Crippen LogP contribution < -0.4 is 11.6 Å². The number of carbonyl (C=O) groups excluding carboxylic acids is 2. The highest BCUT2D eigenvalue weighted by molar-refractivity contribution is 8.01. The Morgan fingerprint density at radius 3 is 2.61 bits per heavy atom. The molecule has 10 heteroatoms. The Labute approximate surface area is 170 Å². The molecule has 3 atom stereocenters. The highest BCUT2D eigenvalue weighted by atomic mass is 35.5. The van der Waals surface area contributed by atoms with Crippen molar-refractivity contribution in [3.8, 4) is 11.3 Å². The summed E-state index contributed by atoms with van der Waals surface area (Å²) in [6.07, 6.45) is 0. The lowest BCUT2D eigenvalue weighted by Crippen LogP contribution is -2.68. The second-order valence-corrected chi connectivity index (χ2v) is 8.74. The number of halogens is 1. The lowest BCUT2D eigenvalue weighted by molar-refractivity contribution is -0.164. The Kier molecular flexibility index (Phi) is 5.35. The molecule has 2 aliphatic rings. The predicted octanol–water partition coefficient (Wildman–Crippen LogP) is 1.75. The Hall–Kier alpha value is -2.23. The molecule has 2 fully saturated rings. The quantitative estimate of drug-likeness (QED) is 0.580. The van der Waals surface area contributed by atoms with Crippen molar-refractivity contribution in [3.63, 3.8) is 0 Å². The number of fused-ring (bicyclic) bond motifs is 1. The largest absolute Gasteiger partial charge is 0.519 e. The molecule has 0 aliphatic carbocycles. The van der Waals surface area contributed by atoms with Gasteiger partial charge in [-0.1, -0.05) is 30.3 Å². The number of rotatable bonds is 4. The minimum Gasteiger partial charge on any atom is -0.456 e. The van der Waals surface area contributed by atoms with Crippen molar-refractivity contribution >= 4 is 36.0 Å². The average molecular weight is 427 g/mol. The Morgan fingerprint density at radius 2 is 1.93 bits per heavy atom. The fourth-order valence-corrected chi connectivity index (χ4v) is 5.01. The van der Waals surface area contributed by atoms with Crippen molar-refractivity contribution in [2.75, 3.05) is 0 Å². The molecular formula is C18H19ClN2O6S. The first kappa shape index (κ1) is 20.5.